The standard InChI is InChI=1S/C15H15N/c1-11-10-16-15-9-5-4-8-14(15)13-7-3-2-6-12(11)13/h2-9,11,16H,10H2,1H3. The fourth-order valence-electron chi connectivity index (χ4n) is 2.42. The van der Waals surface area contributed by atoms with E-state index >= 15 is 0 Å². The van der Waals surface area contributed by atoms with Crippen molar-refractivity contribution in [3.8, 4) is 11.1 Å². The van der Waals surface area contributed by atoms with Crippen LogP contribution in [0.2, 0.25) is 0 Å². The molecule has 3 rings (SSSR count). The molecule has 16 heavy (non-hydrogen) atoms. The molecule has 80 valence electrons. The third-order valence-electron chi connectivity index (χ3n) is 3.31. The predicted molar refractivity (Wildman–Crippen MR) is 68.8 cm³/mol. The molecule has 0 aliphatic carbocycles. The van der Waals surface area contributed by atoms with Crippen molar-refractivity contribution in [2.24, 2.45) is 0 Å². The molecule has 2 aromatic carbocycles. The second-order valence-corrected chi connectivity index (χ2v) is 4.41. The van der Waals surface area contributed by atoms with Gasteiger partial charge in [-0.15, -0.1) is 0 Å². The summed E-state index contributed by atoms with van der Waals surface area (Å²) >= 11 is 0. The molecule has 0 amide bonds. The molecule has 1 nitrogen and oxygen atoms in total. The molecule has 0 spiro atoms. The van der Waals surface area contributed by atoms with Crippen LogP contribution in [0.25, 0.3) is 11.1 Å². The van der Waals surface area contributed by atoms with Crippen molar-refractivity contribution in [2.75, 3.05) is 11.9 Å². The number of nitrogens with one attached hydrogen (secondary N) is 1. The van der Waals surface area contributed by atoms with Gasteiger partial charge in [0.25, 0.3) is 0 Å². The highest BCUT2D eigenvalue weighted by Crippen LogP contribution is 2.36. The predicted octanol–water partition coefficient (Wildman–Crippen LogP) is 3.88. The van der Waals surface area contributed by atoms with Crippen molar-refractivity contribution >= 4 is 5.69 Å². The fourth-order valence-corrected chi connectivity index (χ4v) is 2.42. The van der Waals surface area contributed by atoms with E-state index in [1.165, 1.54) is 22.4 Å². The maximum atomic E-state index is 3.52. The summed E-state index contributed by atoms with van der Waals surface area (Å²) in [5.41, 5.74) is 5.39. The molecule has 1 atom stereocenters. The Morgan fingerprint density at radius 3 is 2.50 bits per heavy atom. The highest BCUT2D eigenvalue weighted by molar-refractivity contribution is 5.81. The number of hydrogen-bond acceptors (Lipinski definition) is 1. The van der Waals surface area contributed by atoms with Crippen LogP contribution in [0, 0.1) is 0 Å². The van der Waals surface area contributed by atoms with E-state index in [1.54, 1.807) is 0 Å². The molecule has 1 aliphatic heterocycles. The van der Waals surface area contributed by atoms with Crippen molar-refractivity contribution < 1.29 is 0 Å². The van der Waals surface area contributed by atoms with Gasteiger partial charge in [0.2, 0.25) is 0 Å². The molecule has 1 unspecified atom stereocenters. The quantitative estimate of drug-likeness (QED) is 0.694. The SMILES string of the molecule is CC1CNc2ccccc2-c2ccccc21. The van der Waals surface area contributed by atoms with Gasteiger partial charge in [-0.2, -0.15) is 0 Å². The van der Waals surface area contributed by atoms with Crippen LogP contribution in [0.15, 0.2) is 48.5 Å². The average molecular weight is 209 g/mol. The van der Waals surface area contributed by atoms with Gasteiger partial charge in [0, 0.05) is 17.8 Å². The second kappa shape index (κ2) is 3.67. The Balaban J connectivity index is 2.28. The van der Waals surface area contributed by atoms with Gasteiger partial charge < -0.3 is 5.32 Å². The molecule has 0 aromatic heterocycles. The summed E-state index contributed by atoms with van der Waals surface area (Å²) in [6, 6.07) is 17.2. The van der Waals surface area contributed by atoms with Crippen molar-refractivity contribution in [2.45, 2.75) is 12.8 Å². The Bertz CT molecular complexity index is 516. The lowest BCUT2D eigenvalue weighted by Gasteiger charge is -2.11. The van der Waals surface area contributed by atoms with E-state index in [0.717, 1.165) is 6.54 Å². The fraction of sp³-hybridized carbons (Fsp3) is 0.200. The van der Waals surface area contributed by atoms with Crippen LogP contribution in [0.1, 0.15) is 18.4 Å². The minimum atomic E-state index is 0.559. The normalized spacial score (nSPS) is 17.9. The number of rotatable bonds is 0. The zero-order valence-electron chi connectivity index (χ0n) is 9.40. The molecule has 0 saturated carbocycles. The molecule has 1 heterocycles. The number of para-hydroxylation sites is 1. The highest BCUT2D eigenvalue weighted by atomic mass is 14.9. The number of hydrogen-bond donors (Lipinski definition) is 1. The monoisotopic (exact) mass is 209 g/mol. The molecule has 1 aliphatic rings. The number of anilines is 1. The topological polar surface area (TPSA) is 12.0 Å². The molecule has 0 saturated heterocycles. The Labute approximate surface area is 96.1 Å². The first-order valence-corrected chi connectivity index (χ1v) is 5.78. The van der Waals surface area contributed by atoms with E-state index in [4.69, 9.17) is 0 Å². The minimum Gasteiger partial charge on any atom is -0.384 e. The average Bonchev–Trinajstić information content (AvgIpc) is 2.49. The first kappa shape index (κ1) is 9.46. The maximum Gasteiger partial charge on any atom is 0.0420 e. The van der Waals surface area contributed by atoms with Crippen molar-refractivity contribution in [1.29, 1.82) is 0 Å². The van der Waals surface area contributed by atoms with E-state index in [-0.39, 0.29) is 0 Å². The van der Waals surface area contributed by atoms with Crippen LogP contribution in [0.5, 0.6) is 0 Å². The van der Waals surface area contributed by atoms with Gasteiger partial charge >= 0.3 is 0 Å². The lowest BCUT2D eigenvalue weighted by Crippen LogP contribution is -2.07. The third kappa shape index (κ3) is 1.40. The molecule has 1 N–H and O–H groups in total. The van der Waals surface area contributed by atoms with Crippen molar-refractivity contribution in [3.63, 3.8) is 0 Å². The van der Waals surface area contributed by atoms with Gasteiger partial charge in [0.1, 0.15) is 0 Å². The van der Waals surface area contributed by atoms with Crippen LogP contribution in [0.4, 0.5) is 5.69 Å². The van der Waals surface area contributed by atoms with Crippen LogP contribution in [-0.4, -0.2) is 6.54 Å². The van der Waals surface area contributed by atoms with E-state index in [9.17, 15) is 0 Å². The van der Waals surface area contributed by atoms with Gasteiger partial charge in [-0.05, 0) is 23.1 Å². The Hall–Kier alpha value is -1.76. The summed E-state index contributed by atoms with van der Waals surface area (Å²) in [7, 11) is 0. The van der Waals surface area contributed by atoms with Crippen LogP contribution < -0.4 is 5.32 Å². The van der Waals surface area contributed by atoms with Crippen molar-refractivity contribution in [1.82, 2.24) is 0 Å². The molecule has 0 fully saturated rings. The smallest absolute Gasteiger partial charge is 0.0420 e. The minimum absolute atomic E-state index is 0.559. The molecular weight excluding hydrogens is 194 g/mol. The summed E-state index contributed by atoms with van der Waals surface area (Å²) in [5.74, 6) is 0.559. The molecule has 0 radical (unpaired) electrons. The Morgan fingerprint density at radius 2 is 1.62 bits per heavy atom. The number of benzene rings is 2. The van der Waals surface area contributed by atoms with Gasteiger partial charge in [-0.25, -0.2) is 0 Å². The van der Waals surface area contributed by atoms with E-state index in [2.05, 4.69) is 60.8 Å². The van der Waals surface area contributed by atoms with Crippen LogP contribution in [0.3, 0.4) is 0 Å². The summed E-state index contributed by atoms with van der Waals surface area (Å²) < 4.78 is 0. The zero-order valence-corrected chi connectivity index (χ0v) is 9.40. The number of fused-ring (bicyclic) bond motifs is 3. The van der Waals surface area contributed by atoms with E-state index < -0.39 is 0 Å². The van der Waals surface area contributed by atoms with E-state index in [1.807, 2.05) is 0 Å². The highest BCUT2D eigenvalue weighted by Gasteiger charge is 2.17. The molecular formula is C15H15N. The third-order valence-corrected chi connectivity index (χ3v) is 3.31. The Kier molecular flexibility index (Phi) is 2.17. The Morgan fingerprint density at radius 1 is 0.938 bits per heavy atom. The first-order valence-electron chi connectivity index (χ1n) is 5.78. The van der Waals surface area contributed by atoms with Crippen molar-refractivity contribution in [3.05, 3.63) is 54.1 Å². The van der Waals surface area contributed by atoms with E-state index in [0.29, 0.717) is 5.92 Å². The van der Waals surface area contributed by atoms with Gasteiger partial charge in [0.15, 0.2) is 0 Å². The second-order valence-electron chi connectivity index (χ2n) is 4.41. The summed E-state index contributed by atoms with van der Waals surface area (Å²) in [5, 5.41) is 3.52. The van der Waals surface area contributed by atoms with Crippen LogP contribution >= 0.6 is 0 Å². The summed E-state index contributed by atoms with van der Waals surface area (Å²) in [6.07, 6.45) is 0. The van der Waals surface area contributed by atoms with Gasteiger partial charge in [-0.3, -0.25) is 0 Å². The zero-order chi connectivity index (χ0) is 11.0. The van der Waals surface area contributed by atoms with Crippen LogP contribution in [-0.2, 0) is 0 Å². The lowest BCUT2D eigenvalue weighted by atomic mass is 9.93. The molecule has 2 aromatic rings. The maximum absolute atomic E-state index is 3.52. The lowest BCUT2D eigenvalue weighted by molar-refractivity contribution is 0.813. The molecule has 1 heteroatoms. The van der Waals surface area contributed by atoms with Gasteiger partial charge in [-0.1, -0.05) is 49.4 Å². The summed E-state index contributed by atoms with van der Waals surface area (Å²) in [4.78, 5) is 0. The first-order chi connectivity index (χ1) is 7.86. The largest absolute Gasteiger partial charge is 0.384 e. The molecule has 0 bridgehead atoms. The van der Waals surface area contributed by atoms with Gasteiger partial charge in [0.05, 0.1) is 0 Å². The summed E-state index contributed by atoms with van der Waals surface area (Å²) in [6.45, 7) is 3.28.